The van der Waals surface area contributed by atoms with Crippen LogP contribution in [0.15, 0.2) is 71.1 Å². The molecule has 0 unspecified atom stereocenters. The topological polar surface area (TPSA) is 88.8 Å². The fourth-order valence-corrected chi connectivity index (χ4v) is 3.63. The van der Waals surface area contributed by atoms with Crippen molar-refractivity contribution < 1.29 is 50.2 Å². The highest BCUT2D eigenvalue weighted by Gasteiger charge is 2.40. The van der Waals surface area contributed by atoms with E-state index in [1.54, 1.807) is 36.4 Å². The largest absolute Gasteiger partial charge is 0.482 e. The summed E-state index contributed by atoms with van der Waals surface area (Å²) in [6.45, 7) is -0.645. The van der Waals surface area contributed by atoms with E-state index in [-0.39, 0.29) is 12.1 Å². The number of nitrogens with one attached hydrogen (secondary N) is 1. The zero-order chi connectivity index (χ0) is 27.7. The summed E-state index contributed by atoms with van der Waals surface area (Å²) in [6.07, 6.45) is -9.65. The first-order valence-corrected chi connectivity index (χ1v) is 10.9. The second-order valence-corrected chi connectivity index (χ2v) is 8.13. The van der Waals surface area contributed by atoms with Crippen LogP contribution in [0.4, 0.5) is 26.3 Å². The lowest BCUT2D eigenvalue weighted by Gasteiger charge is -2.09. The van der Waals surface area contributed by atoms with E-state index >= 15 is 0 Å². The lowest BCUT2D eigenvalue weighted by atomic mass is 10.1. The van der Waals surface area contributed by atoms with Crippen LogP contribution in [0.3, 0.4) is 0 Å². The van der Waals surface area contributed by atoms with E-state index in [1.165, 1.54) is 0 Å². The zero-order valence-electron chi connectivity index (χ0n) is 19.1. The van der Waals surface area contributed by atoms with E-state index in [0.29, 0.717) is 34.2 Å². The van der Waals surface area contributed by atoms with Gasteiger partial charge >= 0.3 is 18.3 Å². The first kappa shape index (κ1) is 26.6. The lowest BCUT2D eigenvalue weighted by molar-refractivity contribution is -0.153. The average Bonchev–Trinajstić information content (AvgIpc) is 3.32. The van der Waals surface area contributed by atoms with Crippen molar-refractivity contribution in [3.63, 3.8) is 0 Å². The second-order valence-electron chi connectivity index (χ2n) is 8.13. The van der Waals surface area contributed by atoms with Crippen molar-refractivity contribution in [3.8, 4) is 17.1 Å². The number of fused-ring (bicyclic) bond motifs is 1. The molecule has 3 aromatic carbocycles. The molecule has 0 aliphatic heterocycles. The molecule has 4 rings (SSSR count). The Morgan fingerprint density at radius 1 is 0.842 bits per heavy atom. The molecule has 0 bridgehead atoms. The standard InChI is InChI=1S/C26H17F6NO5/c27-25(28,29)18-6-3-15(4-7-18)21-11-20(23(38-21)26(30,31)32)24(36)33-12-14-1-2-17-10-19(37-13-22(34)35)8-5-16(17)9-14/h1-11H,12-13H2,(H,33,36)(H,34,35). The number of carboxylic acid groups (broad SMARTS) is 1. The summed E-state index contributed by atoms with van der Waals surface area (Å²) in [5.41, 5.74) is -1.30. The summed E-state index contributed by atoms with van der Waals surface area (Å²) >= 11 is 0. The minimum atomic E-state index is -5.03. The maximum atomic E-state index is 13.6. The maximum Gasteiger partial charge on any atom is 0.450 e. The monoisotopic (exact) mass is 537 g/mol. The van der Waals surface area contributed by atoms with Gasteiger partial charge in [-0.3, -0.25) is 4.79 Å². The minimum Gasteiger partial charge on any atom is -0.482 e. The predicted molar refractivity (Wildman–Crippen MR) is 122 cm³/mol. The predicted octanol–water partition coefficient (Wildman–Crippen LogP) is 6.53. The summed E-state index contributed by atoms with van der Waals surface area (Å²) in [7, 11) is 0. The molecule has 1 amide bonds. The highest BCUT2D eigenvalue weighted by molar-refractivity contribution is 5.96. The molecule has 4 aromatic rings. The van der Waals surface area contributed by atoms with Crippen molar-refractivity contribution >= 4 is 22.6 Å². The van der Waals surface area contributed by atoms with Gasteiger partial charge in [0, 0.05) is 12.1 Å². The average molecular weight is 537 g/mol. The fourth-order valence-electron chi connectivity index (χ4n) is 3.63. The van der Waals surface area contributed by atoms with Gasteiger partial charge in [0.15, 0.2) is 6.61 Å². The number of carbonyl (C=O) groups is 2. The van der Waals surface area contributed by atoms with Gasteiger partial charge in [-0.2, -0.15) is 26.3 Å². The molecule has 0 atom stereocenters. The SMILES string of the molecule is O=C(O)COc1ccc2cc(CNC(=O)c3cc(-c4ccc(C(F)(F)F)cc4)oc3C(F)(F)F)ccc2c1. The Labute approximate surface area is 210 Å². The normalized spacial score (nSPS) is 11.9. The van der Waals surface area contributed by atoms with E-state index in [0.717, 1.165) is 18.2 Å². The number of amides is 1. The van der Waals surface area contributed by atoms with Gasteiger partial charge in [-0.05, 0) is 52.7 Å². The van der Waals surface area contributed by atoms with Crippen molar-refractivity contribution in [1.29, 1.82) is 0 Å². The van der Waals surface area contributed by atoms with Crippen LogP contribution in [0, 0.1) is 0 Å². The Morgan fingerprint density at radius 2 is 1.50 bits per heavy atom. The summed E-state index contributed by atoms with van der Waals surface area (Å²) in [6, 6.07) is 14.0. The first-order chi connectivity index (χ1) is 17.8. The summed E-state index contributed by atoms with van der Waals surface area (Å²) in [5, 5.41) is 12.5. The van der Waals surface area contributed by atoms with Crippen LogP contribution in [-0.4, -0.2) is 23.6 Å². The highest BCUT2D eigenvalue weighted by Crippen LogP contribution is 2.38. The Hall–Kier alpha value is -4.48. The molecule has 0 aliphatic rings. The van der Waals surface area contributed by atoms with Gasteiger partial charge in [0.05, 0.1) is 11.1 Å². The van der Waals surface area contributed by atoms with Crippen molar-refractivity contribution in [2.24, 2.45) is 0 Å². The van der Waals surface area contributed by atoms with E-state index < -0.39 is 53.5 Å². The van der Waals surface area contributed by atoms with Crippen LogP contribution in [0.5, 0.6) is 5.75 Å². The molecular formula is C26H17F6NO5. The molecule has 6 nitrogen and oxygen atoms in total. The van der Waals surface area contributed by atoms with E-state index in [9.17, 15) is 35.9 Å². The molecule has 198 valence electrons. The molecule has 1 aromatic heterocycles. The number of ether oxygens (including phenoxy) is 1. The number of hydrogen-bond acceptors (Lipinski definition) is 4. The van der Waals surface area contributed by atoms with Crippen LogP contribution in [0.25, 0.3) is 22.1 Å². The number of carbonyl (C=O) groups excluding carboxylic acids is 1. The number of aliphatic carboxylic acids is 1. The van der Waals surface area contributed by atoms with Gasteiger partial charge in [-0.1, -0.05) is 30.3 Å². The van der Waals surface area contributed by atoms with Gasteiger partial charge in [-0.25, -0.2) is 4.79 Å². The zero-order valence-corrected chi connectivity index (χ0v) is 19.1. The van der Waals surface area contributed by atoms with Crippen LogP contribution in [0.1, 0.15) is 27.2 Å². The third-order valence-electron chi connectivity index (χ3n) is 5.42. The van der Waals surface area contributed by atoms with Gasteiger partial charge in [0.2, 0.25) is 5.76 Å². The summed E-state index contributed by atoms with van der Waals surface area (Å²) < 4.78 is 89.0. The summed E-state index contributed by atoms with van der Waals surface area (Å²) in [4.78, 5) is 23.3. The smallest absolute Gasteiger partial charge is 0.450 e. The van der Waals surface area contributed by atoms with E-state index in [2.05, 4.69) is 5.32 Å². The number of hydrogen-bond donors (Lipinski definition) is 2. The third-order valence-corrected chi connectivity index (χ3v) is 5.42. The molecule has 0 fully saturated rings. The quantitative estimate of drug-likeness (QED) is 0.262. The Morgan fingerprint density at radius 3 is 2.13 bits per heavy atom. The molecular weight excluding hydrogens is 520 g/mol. The molecule has 12 heteroatoms. The molecule has 1 heterocycles. The molecule has 0 saturated carbocycles. The number of halogens is 6. The number of carboxylic acids is 1. The van der Waals surface area contributed by atoms with Gasteiger partial charge < -0.3 is 19.6 Å². The minimum absolute atomic E-state index is 0.0659. The number of rotatable bonds is 7. The van der Waals surface area contributed by atoms with Gasteiger partial charge in [0.1, 0.15) is 11.5 Å². The molecule has 0 aliphatic carbocycles. The molecule has 0 spiro atoms. The van der Waals surface area contributed by atoms with Crippen LogP contribution < -0.4 is 10.1 Å². The fraction of sp³-hybridized carbons (Fsp3) is 0.154. The van der Waals surface area contributed by atoms with Gasteiger partial charge in [0.25, 0.3) is 5.91 Å². The first-order valence-electron chi connectivity index (χ1n) is 10.9. The molecule has 38 heavy (non-hydrogen) atoms. The maximum absolute atomic E-state index is 13.6. The number of benzene rings is 3. The van der Waals surface area contributed by atoms with E-state index in [1.807, 2.05) is 0 Å². The third kappa shape index (κ3) is 6.07. The highest BCUT2D eigenvalue weighted by atomic mass is 19.4. The molecule has 0 radical (unpaired) electrons. The van der Waals surface area contributed by atoms with Crippen molar-refractivity contribution in [2.75, 3.05) is 6.61 Å². The Balaban J connectivity index is 1.52. The van der Waals surface area contributed by atoms with Crippen molar-refractivity contribution in [1.82, 2.24) is 5.32 Å². The van der Waals surface area contributed by atoms with Crippen molar-refractivity contribution in [3.05, 3.63) is 89.2 Å². The Kier molecular flexibility index (Phi) is 7.07. The summed E-state index contributed by atoms with van der Waals surface area (Å²) in [5.74, 6) is -3.87. The number of furan rings is 1. The van der Waals surface area contributed by atoms with Crippen LogP contribution in [-0.2, 0) is 23.7 Å². The van der Waals surface area contributed by atoms with Crippen molar-refractivity contribution in [2.45, 2.75) is 18.9 Å². The van der Waals surface area contributed by atoms with Gasteiger partial charge in [-0.15, -0.1) is 0 Å². The van der Waals surface area contributed by atoms with E-state index in [4.69, 9.17) is 14.3 Å². The second kappa shape index (κ2) is 10.1. The molecule has 0 saturated heterocycles. The van der Waals surface area contributed by atoms with Crippen LogP contribution >= 0.6 is 0 Å². The number of alkyl halides is 6. The lowest BCUT2D eigenvalue weighted by Crippen LogP contribution is -2.24. The Bertz CT molecular complexity index is 1490. The molecule has 2 N–H and O–H groups in total. The van der Waals surface area contributed by atoms with Crippen LogP contribution in [0.2, 0.25) is 0 Å².